The summed E-state index contributed by atoms with van der Waals surface area (Å²) in [4.78, 5) is 10.7. The summed E-state index contributed by atoms with van der Waals surface area (Å²) in [6, 6.07) is 0. The number of cyclic esters (lactones) is 1. The lowest BCUT2D eigenvalue weighted by Gasteiger charge is -2.10. The number of aliphatic hydroxyl groups excluding tert-OH is 1. The highest BCUT2D eigenvalue weighted by Crippen LogP contribution is 2.20. The molecule has 0 spiro atoms. The van der Waals surface area contributed by atoms with E-state index in [1.807, 2.05) is 0 Å². The minimum absolute atomic E-state index is 0.0579. The van der Waals surface area contributed by atoms with Gasteiger partial charge >= 0.3 is 5.97 Å². The van der Waals surface area contributed by atoms with Crippen molar-refractivity contribution < 1.29 is 14.6 Å². The normalized spacial score (nSPS) is 31.1. The summed E-state index contributed by atoms with van der Waals surface area (Å²) in [5.41, 5.74) is 0. The summed E-state index contributed by atoms with van der Waals surface area (Å²) in [5.74, 6) is 0.0498. The van der Waals surface area contributed by atoms with Crippen molar-refractivity contribution in [1.29, 1.82) is 0 Å². The van der Waals surface area contributed by atoms with Gasteiger partial charge in [-0.1, -0.05) is 13.8 Å². The fourth-order valence-corrected chi connectivity index (χ4v) is 1.31. The molecule has 3 heteroatoms. The molecular formula is C8H14O3. The van der Waals surface area contributed by atoms with Crippen molar-refractivity contribution in [2.24, 2.45) is 5.92 Å². The molecule has 1 fully saturated rings. The van der Waals surface area contributed by atoms with Crippen LogP contribution < -0.4 is 0 Å². The SMILES string of the molecule is CC(C)CC1CC(O)C(=O)O1. The second kappa shape index (κ2) is 3.22. The van der Waals surface area contributed by atoms with Crippen LogP contribution in [0.1, 0.15) is 26.7 Å². The quantitative estimate of drug-likeness (QED) is 0.602. The lowest BCUT2D eigenvalue weighted by molar-refractivity contribution is -0.147. The minimum atomic E-state index is -0.876. The van der Waals surface area contributed by atoms with Gasteiger partial charge in [-0.25, -0.2) is 4.79 Å². The maximum absolute atomic E-state index is 10.7. The Morgan fingerprint density at radius 2 is 2.36 bits per heavy atom. The van der Waals surface area contributed by atoms with Crippen LogP contribution in [0.4, 0.5) is 0 Å². The van der Waals surface area contributed by atoms with Crippen LogP contribution in [0.15, 0.2) is 0 Å². The summed E-state index contributed by atoms with van der Waals surface area (Å²) in [7, 11) is 0. The number of esters is 1. The van der Waals surface area contributed by atoms with E-state index in [-0.39, 0.29) is 6.10 Å². The lowest BCUT2D eigenvalue weighted by Crippen LogP contribution is -2.11. The van der Waals surface area contributed by atoms with Gasteiger partial charge in [0.15, 0.2) is 6.10 Å². The molecule has 1 aliphatic rings. The van der Waals surface area contributed by atoms with Crippen molar-refractivity contribution in [3.8, 4) is 0 Å². The van der Waals surface area contributed by atoms with Gasteiger partial charge in [-0.3, -0.25) is 0 Å². The second-order valence-electron chi connectivity index (χ2n) is 3.44. The summed E-state index contributed by atoms with van der Waals surface area (Å²) in [6.45, 7) is 4.14. The molecule has 1 N–H and O–H groups in total. The largest absolute Gasteiger partial charge is 0.460 e. The molecule has 0 bridgehead atoms. The predicted octanol–water partition coefficient (Wildman–Crippen LogP) is 0.709. The van der Waals surface area contributed by atoms with Crippen LogP contribution in [-0.4, -0.2) is 23.3 Å². The third kappa shape index (κ3) is 2.19. The first-order valence-corrected chi connectivity index (χ1v) is 3.98. The molecule has 0 radical (unpaired) electrons. The molecule has 0 aromatic heterocycles. The number of hydrogen-bond acceptors (Lipinski definition) is 3. The standard InChI is InChI=1S/C8H14O3/c1-5(2)3-6-4-7(9)8(10)11-6/h5-7,9H,3-4H2,1-2H3. The average Bonchev–Trinajstić information content (AvgIpc) is 2.10. The minimum Gasteiger partial charge on any atom is -0.460 e. The van der Waals surface area contributed by atoms with Gasteiger partial charge in [0.25, 0.3) is 0 Å². The van der Waals surface area contributed by atoms with E-state index in [2.05, 4.69) is 13.8 Å². The molecule has 3 nitrogen and oxygen atoms in total. The number of ether oxygens (including phenoxy) is 1. The summed E-state index contributed by atoms with van der Waals surface area (Å²) in [5, 5.41) is 9.01. The van der Waals surface area contributed by atoms with Crippen molar-refractivity contribution in [2.45, 2.75) is 38.9 Å². The molecule has 0 saturated carbocycles. The second-order valence-corrected chi connectivity index (χ2v) is 3.44. The third-order valence-electron chi connectivity index (χ3n) is 1.78. The fourth-order valence-electron chi connectivity index (χ4n) is 1.31. The number of carbonyl (C=O) groups is 1. The van der Waals surface area contributed by atoms with Crippen LogP contribution >= 0.6 is 0 Å². The number of hydrogen-bond donors (Lipinski definition) is 1. The highest BCUT2D eigenvalue weighted by molar-refractivity contribution is 5.76. The molecule has 0 aliphatic carbocycles. The Labute approximate surface area is 66.4 Å². The van der Waals surface area contributed by atoms with Gasteiger partial charge in [0.2, 0.25) is 0 Å². The van der Waals surface area contributed by atoms with Crippen molar-refractivity contribution in [2.75, 3.05) is 0 Å². The zero-order chi connectivity index (χ0) is 8.43. The Hall–Kier alpha value is -0.570. The number of carbonyl (C=O) groups excluding carboxylic acids is 1. The van der Waals surface area contributed by atoms with Crippen LogP contribution in [0, 0.1) is 5.92 Å². The molecule has 64 valence electrons. The number of rotatable bonds is 2. The molecule has 0 aromatic carbocycles. The van der Waals surface area contributed by atoms with Crippen molar-refractivity contribution in [3.05, 3.63) is 0 Å². The first-order valence-electron chi connectivity index (χ1n) is 3.98. The molecule has 11 heavy (non-hydrogen) atoms. The van der Waals surface area contributed by atoms with E-state index in [1.54, 1.807) is 0 Å². The van der Waals surface area contributed by atoms with E-state index in [0.717, 1.165) is 6.42 Å². The van der Waals surface area contributed by atoms with Crippen LogP contribution in [0.25, 0.3) is 0 Å². The summed E-state index contributed by atoms with van der Waals surface area (Å²) >= 11 is 0. The lowest BCUT2D eigenvalue weighted by atomic mass is 10.0. The fraction of sp³-hybridized carbons (Fsp3) is 0.875. The van der Waals surface area contributed by atoms with Gasteiger partial charge in [0.05, 0.1) is 0 Å². The number of aliphatic hydroxyl groups is 1. The highest BCUT2D eigenvalue weighted by Gasteiger charge is 2.32. The Balaban J connectivity index is 2.35. The zero-order valence-electron chi connectivity index (χ0n) is 6.91. The van der Waals surface area contributed by atoms with E-state index >= 15 is 0 Å². The van der Waals surface area contributed by atoms with Gasteiger partial charge in [-0.15, -0.1) is 0 Å². The van der Waals surface area contributed by atoms with E-state index in [0.29, 0.717) is 12.3 Å². The Morgan fingerprint density at radius 1 is 1.73 bits per heavy atom. The maximum Gasteiger partial charge on any atom is 0.335 e. The van der Waals surface area contributed by atoms with Crippen LogP contribution in [0.2, 0.25) is 0 Å². The molecule has 0 aromatic rings. The van der Waals surface area contributed by atoms with E-state index in [4.69, 9.17) is 9.84 Å². The smallest absolute Gasteiger partial charge is 0.335 e. The Morgan fingerprint density at radius 3 is 2.73 bits per heavy atom. The van der Waals surface area contributed by atoms with Crippen LogP contribution in [0.3, 0.4) is 0 Å². The van der Waals surface area contributed by atoms with E-state index in [1.165, 1.54) is 0 Å². The van der Waals surface area contributed by atoms with E-state index < -0.39 is 12.1 Å². The van der Waals surface area contributed by atoms with Gasteiger partial charge < -0.3 is 9.84 Å². The third-order valence-corrected chi connectivity index (χ3v) is 1.78. The average molecular weight is 158 g/mol. The van der Waals surface area contributed by atoms with Crippen molar-refractivity contribution >= 4 is 5.97 Å². The Bertz CT molecular complexity index is 153. The van der Waals surface area contributed by atoms with Gasteiger partial charge in [-0.05, 0) is 12.3 Å². The molecular weight excluding hydrogens is 144 g/mol. The van der Waals surface area contributed by atoms with Gasteiger partial charge in [0, 0.05) is 6.42 Å². The maximum atomic E-state index is 10.7. The molecule has 1 rings (SSSR count). The van der Waals surface area contributed by atoms with Crippen molar-refractivity contribution in [3.63, 3.8) is 0 Å². The van der Waals surface area contributed by atoms with Crippen LogP contribution in [-0.2, 0) is 9.53 Å². The molecule has 1 saturated heterocycles. The van der Waals surface area contributed by atoms with Crippen molar-refractivity contribution in [1.82, 2.24) is 0 Å². The van der Waals surface area contributed by atoms with E-state index in [9.17, 15) is 4.79 Å². The summed E-state index contributed by atoms with van der Waals surface area (Å²) < 4.78 is 4.90. The molecule has 1 aliphatic heterocycles. The first-order chi connectivity index (χ1) is 5.09. The topological polar surface area (TPSA) is 46.5 Å². The van der Waals surface area contributed by atoms with Crippen LogP contribution in [0.5, 0.6) is 0 Å². The Kier molecular flexibility index (Phi) is 2.49. The van der Waals surface area contributed by atoms with Gasteiger partial charge in [0.1, 0.15) is 6.10 Å². The highest BCUT2D eigenvalue weighted by atomic mass is 16.6. The molecule has 1 heterocycles. The predicted molar refractivity (Wildman–Crippen MR) is 40.0 cm³/mol. The first kappa shape index (κ1) is 8.53. The van der Waals surface area contributed by atoms with Gasteiger partial charge in [-0.2, -0.15) is 0 Å². The summed E-state index contributed by atoms with van der Waals surface area (Å²) in [6.07, 6.45) is 0.385. The molecule has 2 unspecified atom stereocenters. The monoisotopic (exact) mass is 158 g/mol. The molecule has 0 amide bonds. The zero-order valence-corrected chi connectivity index (χ0v) is 6.91. The molecule has 2 atom stereocenters.